The quantitative estimate of drug-likeness (QED) is 0.924. The SMILES string of the molecule is CNC(c1nc2c(s1)CCC2)c1cccc(C)c1C. The molecule has 1 aliphatic rings. The predicted molar refractivity (Wildman–Crippen MR) is 81.0 cm³/mol. The van der Waals surface area contributed by atoms with Crippen molar-refractivity contribution in [2.24, 2.45) is 0 Å². The molecule has 2 nitrogen and oxygen atoms in total. The summed E-state index contributed by atoms with van der Waals surface area (Å²) in [4.78, 5) is 6.37. The first-order valence-electron chi connectivity index (χ1n) is 6.92. The first-order chi connectivity index (χ1) is 9.20. The minimum Gasteiger partial charge on any atom is -0.307 e. The van der Waals surface area contributed by atoms with Crippen LogP contribution in [0, 0.1) is 13.8 Å². The summed E-state index contributed by atoms with van der Waals surface area (Å²) in [5.41, 5.74) is 5.42. The predicted octanol–water partition coefficient (Wildman–Crippen LogP) is 3.56. The molecule has 0 fully saturated rings. The minimum atomic E-state index is 0.232. The van der Waals surface area contributed by atoms with Gasteiger partial charge in [-0.3, -0.25) is 0 Å². The van der Waals surface area contributed by atoms with Crippen LogP contribution in [0.5, 0.6) is 0 Å². The Labute approximate surface area is 118 Å². The summed E-state index contributed by atoms with van der Waals surface area (Å²) in [6, 6.07) is 6.77. The van der Waals surface area contributed by atoms with E-state index in [2.05, 4.69) is 37.4 Å². The van der Waals surface area contributed by atoms with Gasteiger partial charge in [-0.05, 0) is 56.8 Å². The largest absolute Gasteiger partial charge is 0.307 e. The van der Waals surface area contributed by atoms with Crippen LogP contribution in [0.25, 0.3) is 0 Å². The Kier molecular flexibility index (Phi) is 3.42. The van der Waals surface area contributed by atoms with Gasteiger partial charge in [0.15, 0.2) is 0 Å². The van der Waals surface area contributed by atoms with E-state index in [9.17, 15) is 0 Å². The molecule has 0 saturated heterocycles. The zero-order valence-electron chi connectivity index (χ0n) is 11.8. The summed E-state index contributed by atoms with van der Waals surface area (Å²) in [5.74, 6) is 0. The molecule has 1 atom stereocenters. The Morgan fingerprint density at radius 2 is 2.11 bits per heavy atom. The van der Waals surface area contributed by atoms with Crippen LogP contribution in [0.4, 0.5) is 0 Å². The van der Waals surface area contributed by atoms with E-state index in [0.717, 1.165) is 6.42 Å². The van der Waals surface area contributed by atoms with Gasteiger partial charge < -0.3 is 5.32 Å². The number of nitrogens with one attached hydrogen (secondary N) is 1. The third-order valence-corrected chi connectivity index (χ3v) is 5.33. The molecule has 0 radical (unpaired) electrons. The Morgan fingerprint density at radius 3 is 2.84 bits per heavy atom. The van der Waals surface area contributed by atoms with Gasteiger partial charge in [-0.15, -0.1) is 11.3 Å². The van der Waals surface area contributed by atoms with Gasteiger partial charge in [0.25, 0.3) is 0 Å². The van der Waals surface area contributed by atoms with Crippen molar-refractivity contribution in [1.29, 1.82) is 0 Å². The van der Waals surface area contributed by atoms with Crippen LogP contribution in [-0.4, -0.2) is 12.0 Å². The standard InChI is InChI=1S/C16H20N2S/c1-10-6-4-7-12(11(10)2)15(17-3)16-18-13-8-5-9-14(13)19-16/h4,6-7,15,17H,5,8-9H2,1-3H3. The maximum Gasteiger partial charge on any atom is 0.115 e. The molecule has 1 aliphatic carbocycles. The summed E-state index contributed by atoms with van der Waals surface area (Å²) in [7, 11) is 2.03. The van der Waals surface area contributed by atoms with Gasteiger partial charge in [0.05, 0.1) is 11.7 Å². The highest BCUT2D eigenvalue weighted by Crippen LogP contribution is 2.34. The lowest BCUT2D eigenvalue weighted by Gasteiger charge is -2.18. The number of rotatable bonds is 3. The monoisotopic (exact) mass is 272 g/mol. The lowest BCUT2D eigenvalue weighted by Crippen LogP contribution is -2.19. The van der Waals surface area contributed by atoms with Crippen molar-refractivity contribution < 1.29 is 0 Å². The molecule has 0 aliphatic heterocycles. The van der Waals surface area contributed by atoms with Crippen molar-refractivity contribution in [2.45, 2.75) is 39.2 Å². The van der Waals surface area contributed by atoms with E-state index in [1.807, 2.05) is 18.4 Å². The van der Waals surface area contributed by atoms with Gasteiger partial charge >= 0.3 is 0 Å². The van der Waals surface area contributed by atoms with Crippen molar-refractivity contribution in [3.8, 4) is 0 Å². The molecule has 3 rings (SSSR count). The number of benzene rings is 1. The van der Waals surface area contributed by atoms with E-state index in [0.29, 0.717) is 0 Å². The molecule has 0 saturated carbocycles. The van der Waals surface area contributed by atoms with E-state index in [1.165, 1.54) is 45.1 Å². The van der Waals surface area contributed by atoms with Crippen molar-refractivity contribution in [3.05, 3.63) is 50.5 Å². The van der Waals surface area contributed by atoms with E-state index in [-0.39, 0.29) is 6.04 Å². The van der Waals surface area contributed by atoms with Crippen molar-refractivity contribution in [3.63, 3.8) is 0 Å². The Hall–Kier alpha value is -1.19. The molecule has 0 spiro atoms. The van der Waals surface area contributed by atoms with Crippen LogP contribution in [0.3, 0.4) is 0 Å². The van der Waals surface area contributed by atoms with Gasteiger partial charge in [0.2, 0.25) is 0 Å². The second-order valence-electron chi connectivity index (χ2n) is 5.29. The van der Waals surface area contributed by atoms with Crippen molar-refractivity contribution in [2.75, 3.05) is 7.05 Å². The Morgan fingerprint density at radius 1 is 1.26 bits per heavy atom. The van der Waals surface area contributed by atoms with Crippen LogP contribution < -0.4 is 5.32 Å². The van der Waals surface area contributed by atoms with Gasteiger partial charge in [-0.25, -0.2) is 4.98 Å². The highest BCUT2D eigenvalue weighted by Gasteiger charge is 2.23. The number of fused-ring (bicyclic) bond motifs is 1. The van der Waals surface area contributed by atoms with Crippen LogP contribution >= 0.6 is 11.3 Å². The fourth-order valence-corrected chi connectivity index (χ4v) is 4.12. The normalized spacial score (nSPS) is 15.5. The van der Waals surface area contributed by atoms with E-state index in [1.54, 1.807) is 0 Å². The number of hydrogen-bond acceptors (Lipinski definition) is 3. The maximum absolute atomic E-state index is 4.87. The number of hydrogen-bond donors (Lipinski definition) is 1. The molecule has 100 valence electrons. The molecular weight excluding hydrogens is 252 g/mol. The number of aryl methyl sites for hydroxylation is 3. The Balaban J connectivity index is 2.02. The molecule has 1 aromatic carbocycles. The topological polar surface area (TPSA) is 24.9 Å². The molecule has 2 aromatic rings. The molecule has 1 heterocycles. The fraction of sp³-hybridized carbons (Fsp3) is 0.438. The molecule has 3 heteroatoms. The summed E-state index contributed by atoms with van der Waals surface area (Å²) < 4.78 is 0. The third kappa shape index (κ3) is 2.21. The molecule has 1 N–H and O–H groups in total. The molecule has 0 amide bonds. The van der Waals surface area contributed by atoms with Gasteiger partial charge in [0, 0.05) is 4.88 Å². The first-order valence-corrected chi connectivity index (χ1v) is 7.74. The second kappa shape index (κ2) is 5.06. The highest BCUT2D eigenvalue weighted by atomic mass is 32.1. The van der Waals surface area contributed by atoms with E-state index in [4.69, 9.17) is 4.98 Å². The van der Waals surface area contributed by atoms with Gasteiger partial charge in [-0.1, -0.05) is 18.2 Å². The number of thiazole rings is 1. The minimum absolute atomic E-state index is 0.232. The van der Waals surface area contributed by atoms with Gasteiger partial charge in [-0.2, -0.15) is 0 Å². The van der Waals surface area contributed by atoms with E-state index < -0.39 is 0 Å². The molecular formula is C16H20N2S. The van der Waals surface area contributed by atoms with Crippen LogP contribution in [0.15, 0.2) is 18.2 Å². The summed E-state index contributed by atoms with van der Waals surface area (Å²) in [6.45, 7) is 4.38. The first kappa shape index (κ1) is 12.8. The smallest absolute Gasteiger partial charge is 0.115 e. The average molecular weight is 272 g/mol. The number of aromatic nitrogens is 1. The average Bonchev–Trinajstić information content (AvgIpc) is 2.96. The summed E-state index contributed by atoms with van der Waals surface area (Å²) in [6.07, 6.45) is 3.66. The highest BCUT2D eigenvalue weighted by molar-refractivity contribution is 7.11. The lowest BCUT2D eigenvalue weighted by atomic mass is 9.98. The van der Waals surface area contributed by atoms with Crippen LogP contribution in [0.1, 0.15) is 44.7 Å². The second-order valence-corrected chi connectivity index (χ2v) is 6.40. The lowest BCUT2D eigenvalue weighted by molar-refractivity contribution is 0.678. The zero-order chi connectivity index (χ0) is 13.4. The number of nitrogens with zero attached hydrogens (tertiary/aromatic N) is 1. The maximum atomic E-state index is 4.87. The van der Waals surface area contributed by atoms with Crippen LogP contribution in [-0.2, 0) is 12.8 Å². The summed E-state index contributed by atoms with van der Waals surface area (Å²) in [5, 5.41) is 4.66. The molecule has 1 unspecified atom stereocenters. The van der Waals surface area contributed by atoms with Gasteiger partial charge in [0.1, 0.15) is 5.01 Å². The molecule has 0 bridgehead atoms. The van der Waals surface area contributed by atoms with Crippen molar-refractivity contribution >= 4 is 11.3 Å². The fourth-order valence-electron chi connectivity index (χ4n) is 2.83. The molecule has 1 aromatic heterocycles. The zero-order valence-corrected chi connectivity index (χ0v) is 12.6. The van der Waals surface area contributed by atoms with Crippen LogP contribution in [0.2, 0.25) is 0 Å². The summed E-state index contributed by atoms with van der Waals surface area (Å²) >= 11 is 1.89. The van der Waals surface area contributed by atoms with E-state index >= 15 is 0 Å². The third-order valence-electron chi connectivity index (χ3n) is 4.11. The van der Waals surface area contributed by atoms with Crippen molar-refractivity contribution in [1.82, 2.24) is 10.3 Å². The molecule has 19 heavy (non-hydrogen) atoms. The Bertz CT molecular complexity index is 579.